The van der Waals surface area contributed by atoms with Crippen LogP contribution in [0.1, 0.15) is 5.56 Å². The molecule has 2 aromatic rings. The van der Waals surface area contributed by atoms with Crippen LogP contribution >= 0.6 is 0 Å². The van der Waals surface area contributed by atoms with Gasteiger partial charge in [-0.1, -0.05) is 30.3 Å². The fourth-order valence-corrected chi connectivity index (χ4v) is 1.54. The number of rotatable bonds is 3. The second kappa shape index (κ2) is 5.95. The third-order valence-corrected chi connectivity index (χ3v) is 2.48. The summed E-state index contributed by atoms with van der Waals surface area (Å²) in [6, 6.07) is 11.7. The van der Waals surface area contributed by atoms with Crippen molar-refractivity contribution in [3.63, 3.8) is 0 Å². The molecular weight excluding hydrogens is 250 g/mol. The number of anilines is 1. The second-order valence-corrected chi connectivity index (χ2v) is 3.92. The summed E-state index contributed by atoms with van der Waals surface area (Å²) in [6.07, 6.45) is 0. The maximum absolute atomic E-state index is 13.3. The van der Waals surface area contributed by atoms with E-state index in [1.807, 2.05) is 30.3 Å². The largest absolute Gasteiger partial charge is 0.334 e. The molecule has 2 N–H and O–H groups in total. The van der Waals surface area contributed by atoms with Crippen molar-refractivity contribution in [3.8, 4) is 0 Å². The van der Waals surface area contributed by atoms with E-state index in [1.165, 1.54) is 6.07 Å². The molecule has 0 unspecified atom stereocenters. The fraction of sp³-hybridized carbons (Fsp3) is 0.0714. The van der Waals surface area contributed by atoms with E-state index in [1.54, 1.807) is 0 Å². The molecule has 0 fully saturated rings. The molecule has 0 aliphatic carbocycles. The first-order chi connectivity index (χ1) is 9.15. The minimum Gasteiger partial charge on any atom is -0.334 e. The molecule has 2 amide bonds. The average molecular weight is 262 g/mol. The van der Waals surface area contributed by atoms with Crippen LogP contribution in [0.2, 0.25) is 0 Å². The van der Waals surface area contributed by atoms with Crippen molar-refractivity contribution in [1.82, 2.24) is 5.32 Å². The van der Waals surface area contributed by atoms with Gasteiger partial charge in [0.15, 0.2) is 0 Å². The molecule has 5 heteroatoms. The lowest BCUT2D eigenvalue weighted by atomic mass is 10.2. The van der Waals surface area contributed by atoms with Crippen LogP contribution in [0.4, 0.5) is 19.3 Å². The molecule has 3 nitrogen and oxygen atoms in total. The van der Waals surface area contributed by atoms with Gasteiger partial charge in [0.1, 0.15) is 11.6 Å². The minimum absolute atomic E-state index is 0.0630. The lowest BCUT2D eigenvalue weighted by Crippen LogP contribution is -2.28. The third kappa shape index (κ3) is 3.77. The zero-order valence-electron chi connectivity index (χ0n) is 9.99. The van der Waals surface area contributed by atoms with Crippen molar-refractivity contribution in [1.29, 1.82) is 0 Å². The van der Waals surface area contributed by atoms with E-state index in [0.717, 1.165) is 11.6 Å². The van der Waals surface area contributed by atoms with Gasteiger partial charge in [0.05, 0.1) is 5.69 Å². The summed E-state index contributed by atoms with van der Waals surface area (Å²) >= 11 is 0. The molecule has 0 aliphatic heterocycles. The van der Waals surface area contributed by atoms with Gasteiger partial charge in [-0.15, -0.1) is 0 Å². The molecule has 0 radical (unpaired) electrons. The van der Waals surface area contributed by atoms with E-state index >= 15 is 0 Å². The Kier molecular flexibility index (Phi) is 4.07. The molecule has 0 aromatic heterocycles. The SMILES string of the molecule is O=C(NCc1ccccc1)Nc1ccc(F)cc1F. The Bertz CT molecular complexity index is 573. The number of urea groups is 1. The monoisotopic (exact) mass is 262 g/mol. The van der Waals surface area contributed by atoms with E-state index in [9.17, 15) is 13.6 Å². The lowest BCUT2D eigenvalue weighted by molar-refractivity contribution is 0.251. The number of hydrogen-bond donors (Lipinski definition) is 2. The van der Waals surface area contributed by atoms with E-state index in [4.69, 9.17) is 0 Å². The first kappa shape index (κ1) is 13.0. The van der Waals surface area contributed by atoms with Crippen molar-refractivity contribution < 1.29 is 13.6 Å². The van der Waals surface area contributed by atoms with Crippen LogP contribution in [-0.2, 0) is 6.54 Å². The highest BCUT2D eigenvalue weighted by molar-refractivity contribution is 5.89. The molecule has 0 bridgehead atoms. The molecule has 0 spiro atoms. The molecule has 2 rings (SSSR count). The normalized spacial score (nSPS) is 10.0. The molecule has 19 heavy (non-hydrogen) atoms. The van der Waals surface area contributed by atoms with E-state index in [2.05, 4.69) is 10.6 Å². The smallest absolute Gasteiger partial charge is 0.319 e. The summed E-state index contributed by atoms with van der Waals surface area (Å²) in [4.78, 5) is 11.5. The predicted molar refractivity (Wildman–Crippen MR) is 68.7 cm³/mol. The summed E-state index contributed by atoms with van der Waals surface area (Å²) in [5.41, 5.74) is 0.865. The molecule has 0 heterocycles. The Hall–Kier alpha value is -2.43. The van der Waals surface area contributed by atoms with Crippen LogP contribution in [-0.4, -0.2) is 6.03 Å². The van der Waals surface area contributed by atoms with Crippen LogP contribution in [0, 0.1) is 11.6 Å². The Balaban J connectivity index is 1.91. The summed E-state index contributed by atoms with van der Waals surface area (Å²) in [7, 11) is 0. The number of nitrogens with one attached hydrogen (secondary N) is 2. The van der Waals surface area contributed by atoms with Gasteiger partial charge in [-0.2, -0.15) is 0 Å². The van der Waals surface area contributed by atoms with Gasteiger partial charge in [-0.25, -0.2) is 13.6 Å². The van der Waals surface area contributed by atoms with Gasteiger partial charge in [0.2, 0.25) is 0 Å². The van der Waals surface area contributed by atoms with Gasteiger partial charge in [-0.05, 0) is 17.7 Å². The van der Waals surface area contributed by atoms with Crippen molar-refractivity contribution >= 4 is 11.7 Å². The highest BCUT2D eigenvalue weighted by Crippen LogP contribution is 2.14. The molecule has 98 valence electrons. The van der Waals surface area contributed by atoms with Crippen LogP contribution in [0.3, 0.4) is 0 Å². The predicted octanol–water partition coefficient (Wildman–Crippen LogP) is 3.29. The number of halogens is 2. The van der Waals surface area contributed by atoms with Gasteiger partial charge < -0.3 is 10.6 Å². The Morgan fingerprint density at radius 1 is 1.05 bits per heavy atom. The fourth-order valence-electron chi connectivity index (χ4n) is 1.54. The molecule has 0 aliphatic rings. The summed E-state index contributed by atoms with van der Waals surface area (Å²) in [6.45, 7) is 0.329. The zero-order valence-corrected chi connectivity index (χ0v) is 9.99. The molecule has 0 atom stereocenters. The number of carbonyl (C=O) groups excluding carboxylic acids is 1. The van der Waals surface area contributed by atoms with Gasteiger partial charge in [-0.3, -0.25) is 0 Å². The van der Waals surface area contributed by atoms with E-state index in [-0.39, 0.29) is 5.69 Å². The highest BCUT2D eigenvalue weighted by Gasteiger charge is 2.07. The first-order valence-corrected chi connectivity index (χ1v) is 5.69. The van der Waals surface area contributed by atoms with Gasteiger partial charge in [0, 0.05) is 12.6 Å². The Morgan fingerprint density at radius 3 is 2.47 bits per heavy atom. The summed E-state index contributed by atoms with van der Waals surface area (Å²) in [5, 5.41) is 4.89. The maximum Gasteiger partial charge on any atom is 0.319 e. The summed E-state index contributed by atoms with van der Waals surface area (Å²) in [5.74, 6) is -1.50. The number of benzene rings is 2. The lowest BCUT2D eigenvalue weighted by Gasteiger charge is -2.08. The maximum atomic E-state index is 13.3. The number of carbonyl (C=O) groups is 1. The second-order valence-electron chi connectivity index (χ2n) is 3.92. The molecular formula is C14H12F2N2O. The van der Waals surface area contributed by atoms with Crippen molar-refractivity contribution in [2.75, 3.05) is 5.32 Å². The van der Waals surface area contributed by atoms with Crippen molar-refractivity contribution in [3.05, 3.63) is 65.7 Å². The Morgan fingerprint density at radius 2 is 1.79 bits per heavy atom. The van der Waals surface area contributed by atoms with Crippen molar-refractivity contribution in [2.24, 2.45) is 0 Å². The topological polar surface area (TPSA) is 41.1 Å². The van der Waals surface area contributed by atoms with E-state index < -0.39 is 17.7 Å². The van der Waals surface area contributed by atoms with Gasteiger partial charge in [0.25, 0.3) is 0 Å². The quantitative estimate of drug-likeness (QED) is 0.875. The van der Waals surface area contributed by atoms with Gasteiger partial charge >= 0.3 is 6.03 Å². The molecule has 0 saturated carbocycles. The van der Waals surface area contributed by atoms with Crippen LogP contribution < -0.4 is 10.6 Å². The molecule has 0 saturated heterocycles. The standard InChI is InChI=1S/C14H12F2N2O/c15-11-6-7-13(12(16)8-11)18-14(19)17-9-10-4-2-1-3-5-10/h1-8H,9H2,(H2,17,18,19). The Labute approximate surface area is 109 Å². The zero-order chi connectivity index (χ0) is 13.7. The first-order valence-electron chi connectivity index (χ1n) is 5.69. The highest BCUT2D eigenvalue weighted by atomic mass is 19.1. The van der Waals surface area contributed by atoms with Crippen molar-refractivity contribution in [2.45, 2.75) is 6.54 Å². The minimum atomic E-state index is -0.810. The van der Waals surface area contributed by atoms with Crippen LogP contribution in [0.5, 0.6) is 0 Å². The van der Waals surface area contributed by atoms with Crippen LogP contribution in [0.25, 0.3) is 0 Å². The van der Waals surface area contributed by atoms with E-state index in [0.29, 0.717) is 12.6 Å². The molecule has 2 aromatic carbocycles. The average Bonchev–Trinajstić information content (AvgIpc) is 2.41. The summed E-state index contributed by atoms with van der Waals surface area (Å²) < 4.78 is 26.0. The van der Waals surface area contributed by atoms with Crippen LogP contribution in [0.15, 0.2) is 48.5 Å². The number of amides is 2. The third-order valence-electron chi connectivity index (χ3n) is 2.48. The number of hydrogen-bond acceptors (Lipinski definition) is 1.